The molecule has 0 radical (unpaired) electrons. The summed E-state index contributed by atoms with van der Waals surface area (Å²) in [6.07, 6.45) is 5.83. The molecule has 0 unspecified atom stereocenters. The van der Waals surface area contributed by atoms with Crippen molar-refractivity contribution in [2.45, 2.75) is 64.0 Å². The average molecular weight is 242 g/mol. The number of rotatable bonds is 7. The van der Waals surface area contributed by atoms with Crippen LogP contribution in [0.1, 0.15) is 52.4 Å². The predicted octanol–water partition coefficient (Wildman–Crippen LogP) is 1.19. The van der Waals surface area contributed by atoms with Gasteiger partial charge in [-0.1, -0.05) is 26.7 Å². The van der Waals surface area contributed by atoms with Crippen molar-refractivity contribution in [2.75, 3.05) is 13.1 Å². The van der Waals surface area contributed by atoms with E-state index in [1.165, 1.54) is 0 Å². The molecule has 0 aliphatic heterocycles. The highest BCUT2D eigenvalue weighted by atomic mass is 16.3. The standard InChI is InChI=1S/C13H26N2O2/c1-3-11(4-2)15-12(16)9-14-10-13(17)7-5-6-8-13/h11,14,17H,3-10H2,1-2H3,(H,15,16). The van der Waals surface area contributed by atoms with E-state index in [4.69, 9.17) is 0 Å². The van der Waals surface area contributed by atoms with Crippen molar-refractivity contribution in [3.8, 4) is 0 Å². The number of aliphatic hydroxyl groups is 1. The Labute approximate surface area is 104 Å². The van der Waals surface area contributed by atoms with Gasteiger partial charge in [-0.05, 0) is 25.7 Å². The average Bonchev–Trinajstić information content (AvgIpc) is 2.73. The first-order valence-electron chi connectivity index (χ1n) is 6.82. The lowest BCUT2D eigenvalue weighted by Gasteiger charge is -2.22. The van der Waals surface area contributed by atoms with Gasteiger partial charge in [-0.15, -0.1) is 0 Å². The Balaban J connectivity index is 2.15. The molecule has 4 heteroatoms. The second-order valence-electron chi connectivity index (χ2n) is 5.12. The molecule has 100 valence electrons. The lowest BCUT2D eigenvalue weighted by Crippen LogP contribution is -2.44. The van der Waals surface area contributed by atoms with E-state index < -0.39 is 5.60 Å². The lowest BCUT2D eigenvalue weighted by molar-refractivity contribution is -0.121. The summed E-state index contributed by atoms with van der Waals surface area (Å²) in [5, 5.41) is 16.1. The van der Waals surface area contributed by atoms with Gasteiger partial charge in [0.25, 0.3) is 0 Å². The smallest absolute Gasteiger partial charge is 0.234 e. The molecule has 0 atom stereocenters. The highest BCUT2D eigenvalue weighted by molar-refractivity contribution is 5.78. The van der Waals surface area contributed by atoms with Crippen LogP contribution in [0.3, 0.4) is 0 Å². The van der Waals surface area contributed by atoms with E-state index in [1.807, 2.05) is 0 Å². The van der Waals surface area contributed by atoms with Gasteiger partial charge < -0.3 is 15.7 Å². The molecule has 1 saturated carbocycles. The largest absolute Gasteiger partial charge is 0.389 e. The van der Waals surface area contributed by atoms with Crippen LogP contribution < -0.4 is 10.6 Å². The normalized spacial score (nSPS) is 18.6. The van der Waals surface area contributed by atoms with E-state index >= 15 is 0 Å². The zero-order valence-corrected chi connectivity index (χ0v) is 11.1. The first kappa shape index (κ1) is 14.5. The van der Waals surface area contributed by atoms with E-state index in [9.17, 15) is 9.90 Å². The fraction of sp³-hybridized carbons (Fsp3) is 0.923. The summed E-state index contributed by atoms with van der Waals surface area (Å²) in [6, 6.07) is 0.277. The van der Waals surface area contributed by atoms with Crippen LogP contribution in [0.25, 0.3) is 0 Å². The Morgan fingerprint density at radius 3 is 2.41 bits per heavy atom. The van der Waals surface area contributed by atoms with Crippen molar-refractivity contribution in [1.29, 1.82) is 0 Å². The zero-order valence-electron chi connectivity index (χ0n) is 11.1. The topological polar surface area (TPSA) is 61.4 Å². The van der Waals surface area contributed by atoms with Crippen LogP contribution in [0.4, 0.5) is 0 Å². The number of nitrogens with one attached hydrogen (secondary N) is 2. The molecule has 0 heterocycles. The van der Waals surface area contributed by atoms with Gasteiger partial charge in [-0.25, -0.2) is 0 Å². The van der Waals surface area contributed by atoms with Crippen LogP contribution in [-0.2, 0) is 4.79 Å². The van der Waals surface area contributed by atoms with Crippen molar-refractivity contribution in [2.24, 2.45) is 0 Å². The maximum Gasteiger partial charge on any atom is 0.234 e. The van der Waals surface area contributed by atoms with Gasteiger partial charge in [-0.3, -0.25) is 4.79 Å². The fourth-order valence-corrected chi connectivity index (χ4v) is 2.39. The van der Waals surface area contributed by atoms with Crippen LogP contribution >= 0.6 is 0 Å². The van der Waals surface area contributed by atoms with E-state index in [2.05, 4.69) is 24.5 Å². The second kappa shape index (κ2) is 6.97. The van der Waals surface area contributed by atoms with E-state index in [-0.39, 0.29) is 11.9 Å². The Bertz CT molecular complexity index is 234. The van der Waals surface area contributed by atoms with E-state index in [0.29, 0.717) is 13.1 Å². The van der Waals surface area contributed by atoms with Gasteiger partial charge in [0.2, 0.25) is 5.91 Å². The minimum absolute atomic E-state index is 0.0281. The monoisotopic (exact) mass is 242 g/mol. The Kier molecular flexibility index (Phi) is 5.92. The summed E-state index contributed by atoms with van der Waals surface area (Å²) in [5.41, 5.74) is -0.574. The number of hydrogen-bond donors (Lipinski definition) is 3. The Hall–Kier alpha value is -0.610. The number of carbonyl (C=O) groups excluding carboxylic acids is 1. The van der Waals surface area contributed by atoms with Crippen LogP contribution in [0.15, 0.2) is 0 Å². The second-order valence-corrected chi connectivity index (χ2v) is 5.12. The third-order valence-electron chi connectivity index (χ3n) is 3.62. The van der Waals surface area contributed by atoms with Gasteiger partial charge in [0.1, 0.15) is 0 Å². The lowest BCUT2D eigenvalue weighted by atomic mass is 10.0. The molecule has 3 N–H and O–H groups in total. The van der Waals surface area contributed by atoms with Crippen LogP contribution in [-0.4, -0.2) is 35.7 Å². The fourth-order valence-electron chi connectivity index (χ4n) is 2.39. The van der Waals surface area contributed by atoms with Gasteiger partial charge in [-0.2, -0.15) is 0 Å². The molecule has 0 aromatic heterocycles. The van der Waals surface area contributed by atoms with Crippen LogP contribution in [0, 0.1) is 0 Å². The molecule has 0 saturated heterocycles. The third kappa shape index (κ3) is 5.04. The summed E-state index contributed by atoms with van der Waals surface area (Å²) in [5.74, 6) is 0.0281. The van der Waals surface area contributed by atoms with Crippen LogP contribution in [0.5, 0.6) is 0 Å². The predicted molar refractivity (Wildman–Crippen MR) is 68.8 cm³/mol. The molecular formula is C13H26N2O2. The van der Waals surface area contributed by atoms with Gasteiger partial charge >= 0.3 is 0 Å². The molecule has 1 fully saturated rings. The molecule has 0 aromatic carbocycles. The molecule has 4 nitrogen and oxygen atoms in total. The van der Waals surface area contributed by atoms with Crippen molar-refractivity contribution >= 4 is 5.91 Å². The SMILES string of the molecule is CCC(CC)NC(=O)CNCC1(O)CCCC1. The van der Waals surface area contributed by atoms with Crippen LogP contribution in [0.2, 0.25) is 0 Å². The molecule has 0 spiro atoms. The highest BCUT2D eigenvalue weighted by Gasteiger charge is 2.30. The quantitative estimate of drug-likeness (QED) is 0.628. The molecule has 1 aliphatic carbocycles. The summed E-state index contributed by atoms with van der Waals surface area (Å²) >= 11 is 0. The van der Waals surface area contributed by atoms with Gasteiger partial charge in [0, 0.05) is 12.6 Å². The van der Waals surface area contributed by atoms with Crippen molar-refractivity contribution in [1.82, 2.24) is 10.6 Å². The van der Waals surface area contributed by atoms with Crippen molar-refractivity contribution in [3.63, 3.8) is 0 Å². The maximum absolute atomic E-state index is 11.6. The molecule has 17 heavy (non-hydrogen) atoms. The minimum atomic E-state index is -0.574. The number of carbonyl (C=O) groups is 1. The molecule has 1 rings (SSSR count). The summed E-state index contributed by atoms with van der Waals surface area (Å²) < 4.78 is 0. The summed E-state index contributed by atoms with van der Waals surface area (Å²) in [4.78, 5) is 11.6. The third-order valence-corrected chi connectivity index (χ3v) is 3.62. The van der Waals surface area contributed by atoms with E-state index in [0.717, 1.165) is 38.5 Å². The molecule has 0 bridgehead atoms. The minimum Gasteiger partial charge on any atom is -0.389 e. The van der Waals surface area contributed by atoms with Gasteiger partial charge in [0.15, 0.2) is 0 Å². The molecule has 1 aliphatic rings. The summed E-state index contributed by atoms with van der Waals surface area (Å²) in [7, 11) is 0. The molecule has 0 aromatic rings. The highest BCUT2D eigenvalue weighted by Crippen LogP contribution is 2.28. The first-order chi connectivity index (χ1) is 8.09. The zero-order chi connectivity index (χ0) is 12.7. The van der Waals surface area contributed by atoms with E-state index in [1.54, 1.807) is 0 Å². The van der Waals surface area contributed by atoms with Crippen molar-refractivity contribution < 1.29 is 9.90 Å². The molecule has 1 amide bonds. The maximum atomic E-state index is 11.6. The number of amides is 1. The Morgan fingerprint density at radius 2 is 1.88 bits per heavy atom. The number of hydrogen-bond acceptors (Lipinski definition) is 3. The van der Waals surface area contributed by atoms with Crippen molar-refractivity contribution in [3.05, 3.63) is 0 Å². The summed E-state index contributed by atoms with van der Waals surface area (Å²) in [6.45, 7) is 4.98. The van der Waals surface area contributed by atoms with Gasteiger partial charge in [0.05, 0.1) is 12.1 Å². The Morgan fingerprint density at radius 1 is 1.29 bits per heavy atom. The molecular weight excluding hydrogens is 216 g/mol. The first-order valence-corrected chi connectivity index (χ1v) is 6.82.